The van der Waals surface area contributed by atoms with E-state index in [1.54, 1.807) is 0 Å². The highest BCUT2D eigenvalue weighted by Gasteiger charge is 2.25. The van der Waals surface area contributed by atoms with Crippen molar-refractivity contribution in [2.75, 3.05) is 33.0 Å². The predicted octanol–water partition coefficient (Wildman–Crippen LogP) is 4.64. The molecule has 1 fully saturated rings. The van der Waals surface area contributed by atoms with E-state index in [0.717, 1.165) is 57.5 Å². The Balaban J connectivity index is 1.14. The van der Waals surface area contributed by atoms with E-state index in [0.29, 0.717) is 18.1 Å². The Morgan fingerprint density at radius 1 is 1.03 bits per heavy atom. The largest absolute Gasteiger partial charge is 0.454 e. The molecule has 6 rings (SSSR count). The van der Waals surface area contributed by atoms with Gasteiger partial charge in [-0.2, -0.15) is 5.10 Å². The van der Waals surface area contributed by atoms with Gasteiger partial charge in [-0.1, -0.05) is 29.8 Å². The number of carbonyl (C=O) groups excluding carboxylic acids is 1. The first kappa shape index (κ1) is 21.5. The normalized spacial score (nSPS) is 15.9. The zero-order valence-electron chi connectivity index (χ0n) is 18.7. The fraction of sp³-hybridized carbons (Fsp3) is 0.280. The average Bonchev–Trinajstić information content (AvgIpc) is 3.56. The number of ether oxygens (including phenoxy) is 2. The van der Waals surface area contributed by atoms with Gasteiger partial charge in [0.15, 0.2) is 11.5 Å². The standard InChI is InChI=1S/C25H23ClN4O3S/c1-28-25-19(23(27-28)17-3-5-18(26)6-4-17)13-22(34-25)24(31)30-10-8-29(9-11-30)14-16-2-7-20-21(12-16)33-15-32-20/h2-7,12-13H,8-11,14-15H2,1H3. The Labute approximate surface area is 206 Å². The fourth-order valence-corrected chi connectivity index (χ4v) is 5.70. The summed E-state index contributed by atoms with van der Waals surface area (Å²) in [6.07, 6.45) is 0. The Bertz CT molecular complexity index is 1370. The lowest BCUT2D eigenvalue weighted by atomic mass is 10.1. The number of halogens is 1. The summed E-state index contributed by atoms with van der Waals surface area (Å²) in [6.45, 7) is 4.21. The molecule has 0 saturated carbocycles. The molecule has 4 heterocycles. The second-order valence-corrected chi connectivity index (χ2v) is 10.0. The van der Waals surface area contributed by atoms with E-state index in [2.05, 4.69) is 16.1 Å². The van der Waals surface area contributed by atoms with E-state index in [-0.39, 0.29) is 12.7 Å². The number of hydrogen-bond acceptors (Lipinski definition) is 6. The van der Waals surface area contributed by atoms with Crippen molar-refractivity contribution < 1.29 is 14.3 Å². The van der Waals surface area contributed by atoms with Crippen molar-refractivity contribution in [2.45, 2.75) is 6.54 Å². The minimum atomic E-state index is 0.0889. The van der Waals surface area contributed by atoms with Crippen LogP contribution in [0.25, 0.3) is 21.5 Å². The first-order chi connectivity index (χ1) is 16.5. The van der Waals surface area contributed by atoms with Crippen molar-refractivity contribution in [1.82, 2.24) is 19.6 Å². The smallest absolute Gasteiger partial charge is 0.264 e. The van der Waals surface area contributed by atoms with Crippen LogP contribution in [0.3, 0.4) is 0 Å². The van der Waals surface area contributed by atoms with Crippen molar-refractivity contribution in [3.8, 4) is 22.8 Å². The molecule has 7 nitrogen and oxygen atoms in total. The van der Waals surface area contributed by atoms with Gasteiger partial charge in [-0.05, 0) is 35.9 Å². The van der Waals surface area contributed by atoms with Crippen molar-refractivity contribution in [3.63, 3.8) is 0 Å². The molecule has 0 atom stereocenters. The molecule has 0 unspecified atom stereocenters. The zero-order chi connectivity index (χ0) is 23.2. The van der Waals surface area contributed by atoms with E-state index in [9.17, 15) is 4.79 Å². The third-order valence-corrected chi connectivity index (χ3v) is 7.78. The highest BCUT2D eigenvalue weighted by Crippen LogP contribution is 2.35. The molecule has 0 radical (unpaired) electrons. The number of rotatable bonds is 4. The molecule has 4 aromatic rings. The Morgan fingerprint density at radius 2 is 1.79 bits per heavy atom. The number of fused-ring (bicyclic) bond motifs is 2. The number of benzene rings is 2. The predicted molar refractivity (Wildman–Crippen MR) is 133 cm³/mol. The summed E-state index contributed by atoms with van der Waals surface area (Å²) < 4.78 is 12.7. The number of nitrogens with zero attached hydrogens (tertiary/aromatic N) is 4. The molecule has 2 aliphatic heterocycles. The maximum Gasteiger partial charge on any atom is 0.264 e. The van der Waals surface area contributed by atoms with Gasteiger partial charge < -0.3 is 14.4 Å². The number of hydrogen-bond donors (Lipinski definition) is 0. The van der Waals surface area contributed by atoms with Gasteiger partial charge >= 0.3 is 0 Å². The number of carbonyl (C=O) groups is 1. The molecular weight excluding hydrogens is 472 g/mol. The molecular formula is C25H23ClN4O3S. The number of amides is 1. The molecule has 1 saturated heterocycles. The van der Waals surface area contributed by atoms with Crippen LogP contribution in [0.5, 0.6) is 11.5 Å². The lowest BCUT2D eigenvalue weighted by molar-refractivity contribution is 0.0633. The average molecular weight is 495 g/mol. The quantitative estimate of drug-likeness (QED) is 0.413. The molecule has 2 aliphatic rings. The molecule has 0 aliphatic carbocycles. The molecule has 2 aromatic heterocycles. The summed E-state index contributed by atoms with van der Waals surface area (Å²) in [4.78, 5) is 19.4. The van der Waals surface area contributed by atoms with Gasteiger partial charge in [-0.15, -0.1) is 11.3 Å². The summed E-state index contributed by atoms with van der Waals surface area (Å²) >= 11 is 7.55. The zero-order valence-corrected chi connectivity index (χ0v) is 20.2. The van der Waals surface area contributed by atoms with Crippen molar-refractivity contribution in [2.24, 2.45) is 7.05 Å². The molecule has 0 N–H and O–H groups in total. The highest BCUT2D eigenvalue weighted by atomic mass is 35.5. The number of thiophene rings is 1. The van der Waals surface area contributed by atoms with Crippen LogP contribution in [-0.2, 0) is 13.6 Å². The van der Waals surface area contributed by atoms with Crippen molar-refractivity contribution >= 4 is 39.1 Å². The van der Waals surface area contributed by atoms with E-state index < -0.39 is 0 Å². The molecule has 2 aromatic carbocycles. The van der Waals surface area contributed by atoms with Gasteiger partial charge in [0.2, 0.25) is 6.79 Å². The highest BCUT2D eigenvalue weighted by molar-refractivity contribution is 7.20. The Kier molecular flexibility index (Phi) is 5.44. The van der Waals surface area contributed by atoms with Gasteiger partial charge in [0.1, 0.15) is 10.5 Å². The third-order valence-electron chi connectivity index (χ3n) is 6.34. The van der Waals surface area contributed by atoms with Crippen LogP contribution >= 0.6 is 22.9 Å². The van der Waals surface area contributed by atoms with Gasteiger partial charge in [0, 0.05) is 55.7 Å². The summed E-state index contributed by atoms with van der Waals surface area (Å²) in [5.41, 5.74) is 3.05. The van der Waals surface area contributed by atoms with Crippen LogP contribution in [0.1, 0.15) is 15.2 Å². The minimum absolute atomic E-state index is 0.0889. The second kappa shape index (κ2) is 8.61. The maximum atomic E-state index is 13.3. The van der Waals surface area contributed by atoms with E-state index in [4.69, 9.17) is 21.1 Å². The summed E-state index contributed by atoms with van der Waals surface area (Å²) in [7, 11) is 1.92. The second-order valence-electron chi connectivity index (χ2n) is 8.56. The summed E-state index contributed by atoms with van der Waals surface area (Å²) in [5, 5.41) is 6.36. The monoisotopic (exact) mass is 494 g/mol. The molecule has 0 spiro atoms. The van der Waals surface area contributed by atoms with Crippen LogP contribution in [0.15, 0.2) is 48.5 Å². The number of aryl methyl sites for hydroxylation is 1. The first-order valence-corrected chi connectivity index (χ1v) is 12.4. The van der Waals surface area contributed by atoms with Crippen LogP contribution in [0.4, 0.5) is 0 Å². The van der Waals surface area contributed by atoms with Gasteiger partial charge in [-0.3, -0.25) is 14.4 Å². The Morgan fingerprint density at radius 3 is 2.59 bits per heavy atom. The van der Waals surface area contributed by atoms with Crippen LogP contribution in [-0.4, -0.2) is 58.5 Å². The van der Waals surface area contributed by atoms with Crippen LogP contribution in [0, 0.1) is 0 Å². The topological polar surface area (TPSA) is 59.8 Å². The van der Waals surface area contributed by atoms with Crippen molar-refractivity contribution in [1.29, 1.82) is 0 Å². The first-order valence-electron chi connectivity index (χ1n) is 11.2. The third kappa shape index (κ3) is 3.91. The summed E-state index contributed by atoms with van der Waals surface area (Å²) in [6, 6.07) is 15.7. The van der Waals surface area contributed by atoms with Gasteiger partial charge in [0.25, 0.3) is 5.91 Å². The molecule has 174 valence electrons. The molecule has 34 heavy (non-hydrogen) atoms. The number of aromatic nitrogens is 2. The van der Waals surface area contributed by atoms with E-state index >= 15 is 0 Å². The SMILES string of the molecule is Cn1nc(-c2ccc(Cl)cc2)c2cc(C(=O)N3CCN(Cc4ccc5c(c4)OCO5)CC3)sc21. The summed E-state index contributed by atoms with van der Waals surface area (Å²) in [5.74, 6) is 1.70. The lowest BCUT2D eigenvalue weighted by Gasteiger charge is -2.34. The van der Waals surface area contributed by atoms with Crippen molar-refractivity contribution in [3.05, 3.63) is 64.0 Å². The van der Waals surface area contributed by atoms with Gasteiger partial charge in [-0.25, -0.2) is 0 Å². The lowest BCUT2D eigenvalue weighted by Crippen LogP contribution is -2.48. The molecule has 9 heteroatoms. The number of piperazine rings is 1. The maximum absolute atomic E-state index is 13.3. The van der Waals surface area contributed by atoms with Crippen LogP contribution in [0.2, 0.25) is 5.02 Å². The van der Waals surface area contributed by atoms with Gasteiger partial charge in [0.05, 0.1) is 4.88 Å². The minimum Gasteiger partial charge on any atom is -0.454 e. The fourth-order valence-electron chi connectivity index (χ4n) is 4.53. The Hall–Kier alpha value is -3.07. The van der Waals surface area contributed by atoms with Crippen LogP contribution < -0.4 is 9.47 Å². The van der Waals surface area contributed by atoms with E-state index in [1.807, 2.05) is 59.1 Å². The van der Waals surface area contributed by atoms with E-state index in [1.165, 1.54) is 16.9 Å². The molecule has 1 amide bonds. The molecule has 0 bridgehead atoms.